The van der Waals surface area contributed by atoms with E-state index < -0.39 is 9.05 Å². The van der Waals surface area contributed by atoms with Crippen molar-refractivity contribution < 1.29 is 13.2 Å². The molecule has 0 aliphatic carbocycles. The number of halogens is 1. The molecule has 0 spiro atoms. The molecule has 0 aromatic carbocycles. The van der Waals surface area contributed by atoms with E-state index in [1.165, 1.54) is 12.3 Å². The van der Waals surface area contributed by atoms with Crippen molar-refractivity contribution >= 4 is 25.6 Å². The predicted octanol–water partition coefficient (Wildman–Crippen LogP) is 2.06. The highest BCUT2D eigenvalue weighted by Gasteiger charge is 2.19. The fourth-order valence-corrected chi connectivity index (χ4v) is 2.25. The van der Waals surface area contributed by atoms with Gasteiger partial charge >= 0.3 is 0 Å². The summed E-state index contributed by atoms with van der Waals surface area (Å²) in [5.41, 5.74) is 0.222. The fraction of sp³-hybridized carbons (Fsp3) is 0.545. The molecule has 18 heavy (non-hydrogen) atoms. The lowest BCUT2D eigenvalue weighted by Crippen LogP contribution is -2.31. The van der Waals surface area contributed by atoms with Gasteiger partial charge in [0.2, 0.25) is 0 Å². The first-order chi connectivity index (χ1) is 8.25. The Morgan fingerprint density at radius 1 is 1.56 bits per heavy atom. The van der Waals surface area contributed by atoms with E-state index in [0.717, 1.165) is 6.42 Å². The topological polar surface area (TPSA) is 70.2 Å². The summed E-state index contributed by atoms with van der Waals surface area (Å²) in [5, 5.41) is 0. The van der Waals surface area contributed by atoms with Crippen LogP contribution >= 0.6 is 10.7 Å². The van der Waals surface area contributed by atoms with Crippen molar-refractivity contribution in [2.45, 2.75) is 25.2 Å². The average molecular weight is 293 g/mol. The zero-order valence-corrected chi connectivity index (χ0v) is 12.2. The maximum absolute atomic E-state index is 12.0. The Kier molecular flexibility index (Phi) is 4.81. The first-order valence-corrected chi connectivity index (χ1v) is 7.95. The van der Waals surface area contributed by atoms with Gasteiger partial charge in [0.15, 0.2) is 0 Å². The van der Waals surface area contributed by atoms with Crippen molar-refractivity contribution in [2.75, 3.05) is 13.6 Å². The lowest BCUT2D eigenvalue weighted by molar-refractivity contribution is 0.0770. The summed E-state index contributed by atoms with van der Waals surface area (Å²) in [6.45, 7) is 4.72. The monoisotopic (exact) mass is 292 g/mol. The van der Waals surface area contributed by atoms with Gasteiger partial charge in [-0.25, -0.2) is 8.42 Å². The van der Waals surface area contributed by atoms with Gasteiger partial charge in [0.25, 0.3) is 15.0 Å². The van der Waals surface area contributed by atoms with Crippen molar-refractivity contribution in [1.82, 2.24) is 9.88 Å². The molecule has 0 bridgehead atoms. The number of hydrogen-bond acceptors (Lipinski definition) is 3. The molecule has 0 saturated heterocycles. The van der Waals surface area contributed by atoms with Gasteiger partial charge in [-0.1, -0.05) is 20.3 Å². The van der Waals surface area contributed by atoms with Gasteiger partial charge in [0, 0.05) is 30.5 Å². The second kappa shape index (κ2) is 5.75. The van der Waals surface area contributed by atoms with E-state index in [2.05, 4.69) is 11.9 Å². The van der Waals surface area contributed by atoms with E-state index in [4.69, 9.17) is 10.7 Å². The van der Waals surface area contributed by atoms with Gasteiger partial charge in [-0.05, 0) is 12.0 Å². The third-order valence-corrected chi connectivity index (χ3v) is 4.13. The van der Waals surface area contributed by atoms with Gasteiger partial charge in [-0.3, -0.25) is 4.79 Å². The number of aromatic nitrogens is 1. The molecule has 1 N–H and O–H groups in total. The minimum absolute atomic E-state index is 0.0931. The van der Waals surface area contributed by atoms with Crippen LogP contribution in [-0.4, -0.2) is 37.8 Å². The average Bonchev–Trinajstić information content (AvgIpc) is 2.76. The molecule has 0 fully saturated rings. The van der Waals surface area contributed by atoms with Crippen LogP contribution in [0.5, 0.6) is 0 Å². The Bertz CT molecular complexity index is 524. The minimum Gasteiger partial charge on any atom is -0.356 e. The SMILES string of the molecule is CCC(C)CN(C)C(=O)c1cc(S(=O)(=O)Cl)c[nH]1. The molecule has 5 nitrogen and oxygen atoms in total. The van der Waals surface area contributed by atoms with Crippen molar-refractivity contribution in [2.24, 2.45) is 5.92 Å². The molecule has 1 aromatic rings. The fourth-order valence-electron chi connectivity index (χ4n) is 1.52. The second-order valence-electron chi connectivity index (χ2n) is 4.39. The van der Waals surface area contributed by atoms with Crippen LogP contribution in [0.3, 0.4) is 0 Å². The van der Waals surface area contributed by atoms with Crippen LogP contribution in [0.2, 0.25) is 0 Å². The molecule has 0 aliphatic rings. The summed E-state index contributed by atoms with van der Waals surface area (Å²) in [7, 11) is 3.08. The largest absolute Gasteiger partial charge is 0.356 e. The molecular formula is C11H17ClN2O3S. The summed E-state index contributed by atoms with van der Waals surface area (Å²) >= 11 is 0. The Morgan fingerprint density at radius 3 is 2.61 bits per heavy atom. The molecule has 1 aromatic heterocycles. The highest BCUT2D eigenvalue weighted by molar-refractivity contribution is 8.13. The lowest BCUT2D eigenvalue weighted by atomic mass is 10.1. The molecule has 0 radical (unpaired) electrons. The summed E-state index contributed by atoms with van der Waals surface area (Å²) in [6.07, 6.45) is 2.19. The van der Waals surface area contributed by atoms with Crippen LogP contribution in [0.4, 0.5) is 0 Å². The first-order valence-electron chi connectivity index (χ1n) is 5.64. The van der Waals surface area contributed by atoms with E-state index in [-0.39, 0.29) is 16.5 Å². The number of nitrogens with one attached hydrogen (secondary N) is 1. The number of carbonyl (C=O) groups is 1. The zero-order chi connectivity index (χ0) is 13.9. The molecule has 0 saturated carbocycles. The van der Waals surface area contributed by atoms with E-state index in [9.17, 15) is 13.2 Å². The lowest BCUT2D eigenvalue weighted by Gasteiger charge is -2.20. The Balaban J connectivity index is 2.82. The second-order valence-corrected chi connectivity index (χ2v) is 6.95. The third-order valence-electron chi connectivity index (χ3n) is 2.80. The van der Waals surface area contributed by atoms with Crippen LogP contribution < -0.4 is 0 Å². The van der Waals surface area contributed by atoms with Crippen LogP contribution in [0, 0.1) is 5.92 Å². The van der Waals surface area contributed by atoms with Crippen molar-refractivity contribution in [1.29, 1.82) is 0 Å². The number of aromatic amines is 1. The van der Waals surface area contributed by atoms with Gasteiger partial charge in [-0.2, -0.15) is 0 Å². The Labute approximate surface area is 112 Å². The maximum atomic E-state index is 12.0. The standard InChI is InChI=1S/C11H17ClN2O3S/c1-4-8(2)7-14(3)11(15)10-5-9(6-13-10)18(12,16)17/h5-6,8,13H,4,7H2,1-3H3. The molecule has 0 aliphatic heterocycles. The van der Waals surface area contributed by atoms with Gasteiger partial charge in [0.05, 0.1) is 0 Å². The van der Waals surface area contributed by atoms with Crippen LogP contribution in [0.1, 0.15) is 30.8 Å². The van der Waals surface area contributed by atoms with E-state index in [1.807, 2.05) is 6.92 Å². The normalized spacial score (nSPS) is 13.3. The summed E-state index contributed by atoms with van der Waals surface area (Å²) < 4.78 is 22.2. The molecule has 7 heteroatoms. The molecular weight excluding hydrogens is 276 g/mol. The summed E-state index contributed by atoms with van der Waals surface area (Å²) in [6, 6.07) is 1.25. The van der Waals surface area contributed by atoms with Crippen LogP contribution in [0.15, 0.2) is 17.2 Å². The van der Waals surface area contributed by atoms with Crippen molar-refractivity contribution in [3.8, 4) is 0 Å². The highest BCUT2D eigenvalue weighted by atomic mass is 35.7. The Morgan fingerprint density at radius 2 is 2.17 bits per heavy atom. The minimum atomic E-state index is -3.80. The zero-order valence-electron chi connectivity index (χ0n) is 10.6. The number of carbonyl (C=O) groups excluding carboxylic acids is 1. The number of amides is 1. The van der Waals surface area contributed by atoms with Crippen LogP contribution in [0.25, 0.3) is 0 Å². The van der Waals surface area contributed by atoms with E-state index in [0.29, 0.717) is 12.5 Å². The first kappa shape index (κ1) is 15.0. The van der Waals surface area contributed by atoms with E-state index >= 15 is 0 Å². The molecule has 1 rings (SSSR count). The van der Waals surface area contributed by atoms with Gasteiger partial charge < -0.3 is 9.88 Å². The van der Waals surface area contributed by atoms with E-state index in [1.54, 1.807) is 11.9 Å². The smallest absolute Gasteiger partial charge is 0.270 e. The van der Waals surface area contributed by atoms with Crippen molar-refractivity contribution in [3.63, 3.8) is 0 Å². The molecule has 1 atom stereocenters. The number of nitrogens with zero attached hydrogens (tertiary/aromatic N) is 1. The number of rotatable bonds is 5. The number of hydrogen-bond donors (Lipinski definition) is 1. The Hall–Kier alpha value is -1.01. The summed E-state index contributed by atoms with van der Waals surface area (Å²) in [4.78, 5) is 16.1. The molecule has 102 valence electrons. The number of H-pyrrole nitrogens is 1. The van der Waals surface area contributed by atoms with Gasteiger partial charge in [-0.15, -0.1) is 0 Å². The summed E-state index contributed by atoms with van der Waals surface area (Å²) in [5.74, 6) is 0.145. The molecule has 1 unspecified atom stereocenters. The quantitative estimate of drug-likeness (QED) is 0.845. The van der Waals surface area contributed by atoms with Gasteiger partial charge in [0.1, 0.15) is 10.6 Å². The van der Waals surface area contributed by atoms with Crippen LogP contribution in [-0.2, 0) is 9.05 Å². The molecule has 1 heterocycles. The maximum Gasteiger partial charge on any atom is 0.270 e. The predicted molar refractivity (Wildman–Crippen MR) is 70.2 cm³/mol. The van der Waals surface area contributed by atoms with Crippen molar-refractivity contribution in [3.05, 3.63) is 18.0 Å². The molecule has 1 amide bonds. The highest BCUT2D eigenvalue weighted by Crippen LogP contribution is 2.16. The third kappa shape index (κ3) is 3.74.